The van der Waals surface area contributed by atoms with Gasteiger partial charge in [-0.15, -0.1) is 0 Å². The lowest BCUT2D eigenvalue weighted by molar-refractivity contribution is -0.124. The highest BCUT2D eigenvalue weighted by molar-refractivity contribution is 7.86. The predicted octanol–water partition coefficient (Wildman–Crippen LogP) is 3.14. The minimum atomic E-state index is -3.65. The van der Waals surface area contributed by atoms with Gasteiger partial charge in [0.1, 0.15) is 17.0 Å². The summed E-state index contributed by atoms with van der Waals surface area (Å²) >= 11 is 5.23. The molecule has 0 aromatic heterocycles. The summed E-state index contributed by atoms with van der Waals surface area (Å²) in [4.78, 5) is 13.1. The first-order chi connectivity index (χ1) is 15.7. The molecule has 1 atom stereocenters. The van der Waals surface area contributed by atoms with E-state index in [0.29, 0.717) is 12.0 Å². The molecule has 1 aliphatic rings. The van der Waals surface area contributed by atoms with Crippen LogP contribution in [0.25, 0.3) is 11.1 Å². The van der Waals surface area contributed by atoms with Gasteiger partial charge in [0.2, 0.25) is 0 Å². The highest BCUT2D eigenvalue weighted by Crippen LogP contribution is 2.32. The quantitative estimate of drug-likeness (QED) is 0.395. The zero-order valence-electron chi connectivity index (χ0n) is 18.0. The summed E-state index contributed by atoms with van der Waals surface area (Å²) in [5, 5.41) is 6.03. The molecule has 9 heteroatoms. The molecule has 0 radical (unpaired) electrons. The number of methoxy groups -OCH3 is 1. The second-order valence-electron chi connectivity index (χ2n) is 7.73. The van der Waals surface area contributed by atoms with Gasteiger partial charge in [0, 0.05) is 6.42 Å². The standard InChI is InChI=1S/C24H22N2O5S2/c1-30-21-8-4-7-18(14-21)17-6-3-5-16(13-17)15-24(22(27)25-23(32)26-24)19-9-11-20(12-10-19)31-33(2,28)29/h3-14H,15H2,1-2H3,(H2,25,26,27,32). The Labute approximate surface area is 197 Å². The van der Waals surface area contributed by atoms with Gasteiger partial charge in [-0.1, -0.05) is 48.5 Å². The number of nitrogens with one attached hydrogen (secondary N) is 2. The number of carbonyl (C=O) groups excluding carboxylic acids is 1. The van der Waals surface area contributed by atoms with Gasteiger partial charge in [-0.2, -0.15) is 8.42 Å². The molecule has 1 heterocycles. The Balaban J connectivity index is 1.69. The van der Waals surface area contributed by atoms with Gasteiger partial charge in [0.15, 0.2) is 5.11 Å². The van der Waals surface area contributed by atoms with E-state index in [1.807, 2.05) is 48.5 Å². The van der Waals surface area contributed by atoms with Crippen molar-refractivity contribution in [2.45, 2.75) is 12.0 Å². The summed E-state index contributed by atoms with van der Waals surface area (Å²) in [7, 11) is -2.03. The molecule has 7 nitrogen and oxygen atoms in total. The number of ether oxygens (including phenoxy) is 1. The molecular weight excluding hydrogens is 460 g/mol. The molecule has 1 aliphatic heterocycles. The van der Waals surface area contributed by atoms with Crippen molar-refractivity contribution in [2.75, 3.05) is 13.4 Å². The van der Waals surface area contributed by atoms with Gasteiger partial charge in [0.25, 0.3) is 5.91 Å². The first-order valence-electron chi connectivity index (χ1n) is 10.1. The Hall–Kier alpha value is -3.43. The van der Waals surface area contributed by atoms with Crippen LogP contribution in [0.3, 0.4) is 0 Å². The first-order valence-corrected chi connectivity index (χ1v) is 12.3. The molecule has 0 bridgehead atoms. The third kappa shape index (κ3) is 4.99. The number of amides is 1. The van der Waals surface area contributed by atoms with Crippen LogP contribution in [0.1, 0.15) is 11.1 Å². The van der Waals surface area contributed by atoms with E-state index in [-0.39, 0.29) is 16.8 Å². The molecule has 3 aromatic rings. The third-order valence-corrected chi connectivity index (χ3v) is 6.03. The van der Waals surface area contributed by atoms with Crippen LogP contribution in [0, 0.1) is 0 Å². The molecule has 0 spiro atoms. The van der Waals surface area contributed by atoms with Gasteiger partial charge in [-0.25, -0.2) is 0 Å². The number of hydrogen-bond acceptors (Lipinski definition) is 6. The Morgan fingerprint density at radius 2 is 1.61 bits per heavy atom. The zero-order valence-corrected chi connectivity index (χ0v) is 19.6. The molecule has 3 aromatic carbocycles. The summed E-state index contributed by atoms with van der Waals surface area (Å²) in [6, 6.07) is 22.0. The smallest absolute Gasteiger partial charge is 0.306 e. The molecule has 170 valence electrons. The Kier molecular flexibility index (Phi) is 6.09. The normalized spacial score (nSPS) is 17.9. The second-order valence-corrected chi connectivity index (χ2v) is 9.72. The highest BCUT2D eigenvalue weighted by Gasteiger charge is 2.46. The fourth-order valence-electron chi connectivity index (χ4n) is 3.86. The Bertz CT molecular complexity index is 1320. The summed E-state index contributed by atoms with van der Waals surface area (Å²) in [5.74, 6) is 0.640. The monoisotopic (exact) mass is 482 g/mol. The SMILES string of the molecule is COc1cccc(-c2cccc(CC3(c4ccc(OS(C)(=O)=O)cc4)NC(=S)NC3=O)c2)c1. The lowest BCUT2D eigenvalue weighted by atomic mass is 9.83. The Morgan fingerprint density at radius 3 is 2.21 bits per heavy atom. The van der Waals surface area contributed by atoms with Crippen molar-refractivity contribution in [3.05, 3.63) is 83.9 Å². The van der Waals surface area contributed by atoms with Gasteiger partial charge in [0.05, 0.1) is 13.4 Å². The van der Waals surface area contributed by atoms with Gasteiger partial charge < -0.3 is 19.6 Å². The van der Waals surface area contributed by atoms with Crippen molar-refractivity contribution < 1.29 is 22.1 Å². The largest absolute Gasteiger partial charge is 0.497 e. The number of carbonyl (C=O) groups is 1. The Morgan fingerprint density at radius 1 is 0.939 bits per heavy atom. The van der Waals surface area contributed by atoms with E-state index in [1.54, 1.807) is 19.2 Å². The van der Waals surface area contributed by atoms with Crippen LogP contribution in [0.5, 0.6) is 11.5 Å². The first kappa shape index (κ1) is 22.8. The van der Waals surface area contributed by atoms with Crippen molar-refractivity contribution in [3.8, 4) is 22.6 Å². The van der Waals surface area contributed by atoms with Crippen LogP contribution in [-0.4, -0.2) is 32.8 Å². The average Bonchev–Trinajstić information content (AvgIpc) is 3.07. The van der Waals surface area contributed by atoms with E-state index in [2.05, 4.69) is 10.6 Å². The maximum absolute atomic E-state index is 13.1. The van der Waals surface area contributed by atoms with Crippen LogP contribution >= 0.6 is 12.2 Å². The molecular formula is C24H22N2O5S2. The van der Waals surface area contributed by atoms with Crippen molar-refractivity contribution >= 4 is 33.4 Å². The van der Waals surface area contributed by atoms with E-state index >= 15 is 0 Å². The maximum Gasteiger partial charge on any atom is 0.306 e. The predicted molar refractivity (Wildman–Crippen MR) is 130 cm³/mol. The number of hydrogen-bond donors (Lipinski definition) is 2. The van der Waals surface area contributed by atoms with Crippen molar-refractivity contribution in [2.24, 2.45) is 0 Å². The van der Waals surface area contributed by atoms with E-state index in [0.717, 1.165) is 28.7 Å². The second kappa shape index (κ2) is 8.84. The summed E-state index contributed by atoms with van der Waals surface area (Å²) in [5.41, 5.74) is 2.38. The number of benzene rings is 3. The van der Waals surface area contributed by atoms with Gasteiger partial charge in [-0.05, 0) is 58.7 Å². The molecule has 0 aliphatic carbocycles. The molecule has 33 heavy (non-hydrogen) atoms. The van der Waals surface area contributed by atoms with Crippen LogP contribution in [-0.2, 0) is 26.9 Å². The minimum Gasteiger partial charge on any atom is -0.497 e. The summed E-state index contributed by atoms with van der Waals surface area (Å²) in [6.45, 7) is 0. The van der Waals surface area contributed by atoms with E-state index in [4.69, 9.17) is 21.1 Å². The number of thiocarbonyl (C=S) groups is 1. The molecule has 4 rings (SSSR count). The molecule has 1 fully saturated rings. The van der Waals surface area contributed by atoms with E-state index in [1.165, 1.54) is 12.1 Å². The molecule has 1 unspecified atom stereocenters. The molecule has 0 saturated carbocycles. The molecule has 1 saturated heterocycles. The van der Waals surface area contributed by atoms with Gasteiger partial charge in [-0.3, -0.25) is 4.79 Å². The highest BCUT2D eigenvalue weighted by atomic mass is 32.2. The summed E-state index contributed by atoms with van der Waals surface area (Å²) < 4.78 is 33.1. The zero-order chi connectivity index (χ0) is 23.6. The minimum absolute atomic E-state index is 0.164. The van der Waals surface area contributed by atoms with Crippen LogP contribution in [0.15, 0.2) is 72.8 Å². The van der Waals surface area contributed by atoms with E-state index in [9.17, 15) is 13.2 Å². The van der Waals surface area contributed by atoms with Crippen molar-refractivity contribution in [1.82, 2.24) is 10.6 Å². The fraction of sp³-hybridized carbons (Fsp3) is 0.167. The average molecular weight is 483 g/mol. The third-order valence-electron chi connectivity index (χ3n) is 5.34. The van der Waals surface area contributed by atoms with Crippen molar-refractivity contribution in [3.63, 3.8) is 0 Å². The van der Waals surface area contributed by atoms with Gasteiger partial charge >= 0.3 is 10.1 Å². The molecule has 1 amide bonds. The van der Waals surface area contributed by atoms with E-state index < -0.39 is 15.7 Å². The van der Waals surface area contributed by atoms with Crippen molar-refractivity contribution in [1.29, 1.82) is 0 Å². The lowest BCUT2D eigenvalue weighted by Gasteiger charge is -2.27. The summed E-state index contributed by atoms with van der Waals surface area (Å²) in [6.07, 6.45) is 1.30. The van der Waals surface area contributed by atoms with Crippen LogP contribution in [0.4, 0.5) is 0 Å². The van der Waals surface area contributed by atoms with Crippen LogP contribution in [0.2, 0.25) is 0 Å². The number of rotatable bonds is 7. The molecule has 2 N–H and O–H groups in total. The maximum atomic E-state index is 13.1. The topological polar surface area (TPSA) is 93.7 Å². The van der Waals surface area contributed by atoms with Crippen LogP contribution < -0.4 is 19.6 Å². The lowest BCUT2D eigenvalue weighted by Crippen LogP contribution is -2.45. The fourth-order valence-corrected chi connectivity index (χ4v) is 4.59.